The summed E-state index contributed by atoms with van der Waals surface area (Å²) in [5.74, 6) is 0. The van der Waals surface area contributed by atoms with E-state index in [1.54, 1.807) is 0 Å². The summed E-state index contributed by atoms with van der Waals surface area (Å²) >= 11 is 0. The molecule has 0 aromatic rings. The Bertz CT molecular complexity index is 250. The van der Waals surface area contributed by atoms with Crippen LogP contribution in [0.4, 0.5) is 0 Å². The standard InChI is InChI=1S/C14H28O6/c1-3-5-7-18-12-11(16)10(9-15)20-14(17)13(12)19-8-6-4-2/h10-17H,3-9H2,1-2H3/t10?,11-,12-,13?,14-/m0/s1. The average Bonchev–Trinajstić information content (AvgIpc) is 2.45. The lowest BCUT2D eigenvalue weighted by molar-refractivity contribution is -0.303. The van der Waals surface area contributed by atoms with Crippen molar-refractivity contribution in [1.29, 1.82) is 0 Å². The predicted molar refractivity (Wildman–Crippen MR) is 73.3 cm³/mol. The van der Waals surface area contributed by atoms with Gasteiger partial charge in [0.1, 0.15) is 24.4 Å². The lowest BCUT2D eigenvalue weighted by Gasteiger charge is -2.42. The van der Waals surface area contributed by atoms with Crippen molar-refractivity contribution in [3.05, 3.63) is 0 Å². The van der Waals surface area contributed by atoms with Crippen molar-refractivity contribution in [3.63, 3.8) is 0 Å². The van der Waals surface area contributed by atoms with Crippen LogP contribution < -0.4 is 0 Å². The van der Waals surface area contributed by atoms with Gasteiger partial charge in [-0.1, -0.05) is 26.7 Å². The van der Waals surface area contributed by atoms with Crippen LogP contribution in [0.5, 0.6) is 0 Å². The molecule has 1 aliphatic rings. The molecule has 3 N–H and O–H groups in total. The van der Waals surface area contributed by atoms with Crippen LogP contribution in [0, 0.1) is 0 Å². The number of hydrogen-bond donors (Lipinski definition) is 3. The third kappa shape index (κ3) is 4.95. The van der Waals surface area contributed by atoms with Crippen LogP contribution in [0.3, 0.4) is 0 Å². The van der Waals surface area contributed by atoms with Crippen LogP contribution in [-0.4, -0.2) is 65.8 Å². The summed E-state index contributed by atoms with van der Waals surface area (Å²) < 4.78 is 16.4. The molecule has 1 rings (SSSR count). The Morgan fingerprint density at radius 2 is 1.50 bits per heavy atom. The highest BCUT2D eigenvalue weighted by atomic mass is 16.7. The Balaban J connectivity index is 2.63. The molecule has 120 valence electrons. The molecule has 6 heteroatoms. The highest BCUT2D eigenvalue weighted by Gasteiger charge is 2.45. The van der Waals surface area contributed by atoms with E-state index in [0.717, 1.165) is 25.7 Å². The fraction of sp³-hybridized carbons (Fsp3) is 1.00. The minimum absolute atomic E-state index is 0.368. The van der Waals surface area contributed by atoms with Gasteiger partial charge < -0.3 is 29.5 Å². The first-order valence-corrected chi connectivity index (χ1v) is 7.51. The summed E-state index contributed by atoms with van der Waals surface area (Å²) in [4.78, 5) is 0. The molecular weight excluding hydrogens is 264 g/mol. The molecular formula is C14H28O6. The monoisotopic (exact) mass is 292 g/mol. The summed E-state index contributed by atoms with van der Waals surface area (Å²) in [6.45, 7) is 4.68. The van der Waals surface area contributed by atoms with Crippen molar-refractivity contribution < 1.29 is 29.5 Å². The second kappa shape index (κ2) is 9.65. The molecule has 0 bridgehead atoms. The third-order valence-electron chi connectivity index (χ3n) is 3.43. The molecule has 0 aromatic heterocycles. The molecule has 1 saturated heterocycles. The topological polar surface area (TPSA) is 88.4 Å². The van der Waals surface area contributed by atoms with E-state index in [4.69, 9.17) is 14.2 Å². The van der Waals surface area contributed by atoms with Crippen molar-refractivity contribution in [2.24, 2.45) is 0 Å². The normalized spacial score (nSPS) is 34.4. The minimum Gasteiger partial charge on any atom is -0.394 e. The van der Waals surface area contributed by atoms with Gasteiger partial charge in [-0.25, -0.2) is 0 Å². The van der Waals surface area contributed by atoms with E-state index in [1.165, 1.54) is 0 Å². The van der Waals surface area contributed by atoms with Crippen molar-refractivity contribution in [3.8, 4) is 0 Å². The van der Waals surface area contributed by atoms with Crippen molar-refractivity contribution in [1.82, 2.24) is 0 Å². The van der Waals surface area contributed by atoms with Crippen molar-refractivity contribution in [2.45, 2.75) is 70.2 Å². The number of hydrogen-bond acceptors (Lipinski definition) is 6. The number of aliphatic hydroxyl groups excluding tert-OH is 3. The van der Waals surface area contributed by atoms with Crippen molar-refractivity contribution >= 4 is 0 Å². The molecule has 1 fully saturated rings. The zero-order valence-corrected chi connectivity index (χ0v) is 12.4. The molecule has 0 aliphatic carbocycles. The van der Waals surface area contributed by atoms with E-state index in [-0.39, 0.29) is 6.61 Å². The van der Waals surface area contributed by atoms with E-state index in [0.29, 0.717) is 13.2 Å². The van der Waals surface area contributed by atoms with Gasteiger partial charge in [0, 0.05) is 13.2 Å². The molecule has 0 aromatic carbocycles. The molecule has 5 atom stereocenters. The highest BCUT2D eigenvalue weighted by Crippen LogP contribution is 2.25. The molecule has 1 heterocycles. The van der Waals surface area contributed by atoms with E-state index in [2.05, 4.69) is 0 Å². The fourth-order valence-corrected chi connectivity index (χ4v) is 2.15. The van der Waals surface area contributed by atoms with Gasteiger partial charge in [-0.05, 0) is 12.8 Å². The van der Waals surface area contributed by atoms with Gasteiger partial charge in [-0.3, -0.25) is 0 Å². The fourth-order valence-electron chi connectivity index (χ4n) is 2.15. The summed E-state index contributed by atoms with van der Waals surface area (Å²) in [6, 6.07) is 0. The number of unbranched alkanes of at least 4 members (excludes halogenated alkanes) is 2. The third-order valence-corrected chi connectivity index (χ3v) is 3.43. The number of ether oxygens (including phenoxy) is 3. The zero-order valence-electron chi connectivity index (χ0n) is 12.4. The van der Waals surface area contributed by atoms with Crippen LogP contribution in [0.2, 0.25) is 0 Å². The Morgan fingerprint density at radius 3 is 2.00 bits per heavy atom. The maximum absolute atomic E-state index is 10.2. The minimum atomic E-state index is -1.20. The molecule has 0 amide bonds. The van der Waals surface area contributed by atoms with Gasteiger partial charge in [-0.15, -0.1) is 0 Å². The smallest absolute Gasteiger partial charge is 0.184 e. The van der Waals surface area contributed by atoms with Gasteiger partial charge >= 0.3 is 0 Å². The Hall–Kier alpha value is -0.240. The highest BCUT2D eigenvalue weighted by molar-refractivity contribution is 4.90. The Kier molecular flexibility index (Phi) is 8.60. The Labute approximate surface area is 120 Å². The SMILES string of the molecule is CCCCOC1[C@@H](OCCCC)[C@@H](O)C(CO)O[C@@H]1O. The van der Waals surface area contributed by atoms with Crippen molar-refractivity contribution in [2.75, 3.05) is 19.8 Å². The predicted octanol–water partition coefficient (Wildman–Crippen LogP) is 0.427. The van der Waals surface area contributed by atoms with Gasteiger partial charge in [-0.2, -0.15) is 0 Å². The molecule has 20 heavy (non-hydrogen) atoms. The number of aliphatic hydroxyl groups is 3. The first kappa shape index (κ1) is 17.8. The molecule has 0 saturated carbocycles. The second-order valence-electron chi connectivity index (χ2n) is 5.12. The Morgan fingerprint density at radius 1 is 0.950 bits per heavy atom. The summed E-state index contributed by atoms with van der Waals surface area (Å²) in [5.41, 5.74) is 0. The van der Waals surface area contributed by atoms with Crippen LogP contribution in [0.1, 0.15) is 39.5 Å². The van der Waals surface area contributed by atoms with Crippen LogP contribution in [-0.2, 0) is 14.2 Å². The zero-order chi connectivity index (χ0) is 15.0. The largest absolute Gasteiger partial charge is 0.394 e. The van der Waals surface area contributed by atoms with Crippen LogP contribution in [0.15, 0.2) is 0 Å². The van der Waals surface area contributed by atoms with Crippen LogP contribution >= 0.6 is 0 Å². The maximum atomic E-state index is 10.2. The van der Waals surface area contributed by atoms with E-state index >= 15 is 0 Å². The van der Waals surface area contributed by atoms with Crippen LogP contribution in [0.25, 0.3) is 0 Å². The molecule has 6 nitrogen and oxygen atoms in total. The van der Waals surface area contributed by atoms with Gasteiger partial charge in [0.15, 0.2) is 6.29 Å². The molecule has 1 aliphatic heterocycles. The summed E-state index contributed by atoms with van der Waals surface area (Å²) in [7, 11) is 0. The van der Waals surface area contributed by atoms with Gasteiger partial charge in [0.25, 0.3) is 0 Å². The summed E-state index contributed by atoms with van der Waals surface area (Å²) in [5, 5.41) is 29.3. The van der Waals surface area contributed by atoms with E-state index < -0.39 is 30.7 Å². The lowest BCUT2D eigenvalue weighted by Crippen LogP contribution is -2.60. The van der Waals surface area contributed by atoms with Gasteiger partial charge in [0.2, 0.25) is 0 Å². The average molecular weight is 292 g/mol. The summed E-state index contributed by atoms with van der Waals surface area (Å²) in [6.07, 6.45) is -0.765. The van der Waals surface area contributed by atoms with E-state index in [1.807, 2.05) is 13.8 Å². The lowest BCUT2D eigenvalue weighted by atomic mass is 9.98. The quantitative estimate of drug-likeness (QED) is 0.534. The first-order chi connectivity index (χ1) is 9.65. The maximum Gasteiger partial charge on any atom is 0.184 e. The van der Waals surface area contributed by atoms with Gasteiger partial charge in [0.05, 0.1) is 6.61 Å². The second-order valence-corrected chi connectivity index (χ2v) is 5.12. The first-order valence-electron chi connectivity index (χ1n) is 7.51. The van der Waals surface area contributed by atoms with E-state index in [9.17, 15) is 15.3 Å². The molecule has 2 unspecified atom stereocenters. The molecule has 0 spiro atoms. The number of rotatable bonds is 9. The molecule has 0 radical (unpaired) electrons.